The molecule has 2 aromatic heterocycles. The molecule has 0 aliphatic heterocycles. The molecular weight excluding hydrogens is 222 g/mol. The number of pyridine rings is 1. The fourth-order valence-electron chi connectivity index (χ4n) is 1.87. The first-order chi connectivity index (χ1) is 8.84. The Hall–Kier alpha value is -2.60. The Kier molecular flexibility index (Phi) is 2.54. The summed E-state index contributed by atoms with van der Waals surface area (Å²) in [5, 5.41) is 6.94. The second-order valence-corrected chi connectivity index (χ2v) is 4.06. The van der Waals surface area contributed by atoms with E-state index in [1.165, 1.54) is 0 Å². The maximum atomic E-state index is 4.47. The van der Waals surface area contributed by atoms with Gasteiger partial charge in [-0.1, -0.05) is 17.5 Å². The Morgan fingerprint density at radius 2 is 2.11 bits per heavy atom. The van der Waals surface area contributed by atoms with Gasteiger partial charge in [-0.05, 0) is 31.2 Å². The first-order valence-electron chi connectivity index (χ1n) is 5.69. The predicted octanol–water partition coefficient (Wildman–Crippen LogP) is 3.04. The van der Waals surface area contributed by atoms with Crippen molar-refractivity contribution in [3.8, 4) is 11.1 Å². The van der Waals surface area contributed by atoms with Gasteiger partial charge in [-0.25, -0.2) is 0 Å². The number of aryl methyl sites for hydroxylation is 1. The number of nitrogens with one attached hydrogen (secondary N) is 1. The van der Waals surface area contributed by atoms with Crippen molar-refractivity contribution in [3.63, 3.8) is 0 Å². The van der Waals surface area contributed by atoms with Gasteiger partial charge < -0.3 is 0 Å². The van der Waals surface area contributed by atoms with Crippen LogP contribution in [-0.4, -0.2) is 15.2 Å². The second-order valence-electron chi connectivity index (χ2n) is 4.06. The van der Waals surface area contributed by atoms with Crippen LogP contribution < -0.4 is 0 Å². The van der Waals surface area contributed by atoms with Crippen molar-refractivity contribution in [1.82, 2.24) is 15.2 Å². The minimum atomic E-state index is 0.935. The van der Waals surface area contributed by atoms with E-state index < -0.39 is 0 Å². The van der Waals surface area contributed by atoms with E-state index in [9.17, 15) is 0 Å². The molecule has 1 N–H and O–H groups in total. The van der Waals surface area contributed by atoms with E-state index in [-0.39, 0.29) is 0 Å². The molecule has 3 nitrogen and oxygen atoms in total. The molecule has 2 aromatic rings. The number of aromatic amines is 1. The summed E-state index contributed by atoms with van der Waals surface area (Å²) < 4.78 is 0. The Morgan fingerprint density at radius 3 is 2.72 bits per heavy atom. The number of hydrogen-bond acceptors (Lipinski definition) is 2. The van der Waals surface area contributed by atoms with Crippen molar-refractivity contribution in [2.24, 2.45) is 0 Å². The summed E-state index contributed by atoms with van der Waals surface area (Å²) in [6.45, 7) is 2.00. The lowest BCUT2D eigenvalue weighted by atomic mass is 10.1. The van der Waals surface area contributed by atoms with Crippen molar-refractivity contribution in [2.45, 2.75) is 6.92 Å². The van der Waals surface area contributed by atoms with E-state index in [0.29, 0.717) is 0 Å². The molecule has 2 heterocycles. The van der Waals surface area contributed by atoms with Crippen molar-refractivity contribution >= 4 is 5.57 Å². The number of aromatic nitrogens is 3. The Bertz CT molecular complexity index is 704. The summed E-state index contributed by atoms with van der Waals surface area (Å²) in [7, 11) is 0. The summed E-state index contributed by atoms with van der Waals surface area (Å²) in [5.41, 5.74) is 11.0. The molecular formula is C15H11N3. The summed E-state index contributed by atoms with van der Waals surface area (Å²) >= 11 is 0. The molecule has 1 aliphatic rings. The van der Waals surface area contributed by atoms with Crippen LogP contribution in [0.15, 0.2) is 54.2 Å². The van der Waals surface area contributed by atoms with E-state index in [4.69, 9.17) is 0 Å². The van der Waals surface area contributed by atoms with Crippen molar-refractivity contribution in [1.29, 1.82) is 0 Å². The van der Waals surface area contributed by atoms with Gasteiger partial charge in [0.15, 0.2) is 0 Å². The average molecular weight is 233 g/mol. The molecule has 86 valence electrons. The lowest BCUT2D eigenvalue weighted by Gasteiger charge is -2.03. The topological polar surface area (TPSA) is 41.6 Å². The first kappa shape index (κ1) is 10.5. The van der Waals surface area contributed by atoms with Gasteiger partial charge in [-0.2, -0.15) is 5.10 Å². The predicted molar refractivity (Wildman–Crippen MR) is 70.7 cm³/mol. The quantitative estimate of drug-likeness (QED) is 0.810. The molecule has 0 atom stereocenters. The molecule has 18 heavy (non-hydrogen) atoms. The van der Waals surface area contributed by atoms with Crippen LogP contribution in [0, 0.1) is 6.92 Å². The van der Waals surface area contributed by atoms with Crippen molar-refractivity contribution in [3.05, 3.63) is 65.6 Å². The minimum absolute atomic E-state index is 0.935. The molecule has 0 amide bonds. The van der Waals surface area contributed by atoms with Crippen molar-refractivity contribution < 1.29 is 0 Å². The van der Waals surface area contributed by atoms with E-state index in [2.05, 4.69) is 32.7 Å². The molecule has 3 heteroatoms. The summed E-state index contributed by atoms with van der Waals surface area (Å²) in [4.78, 5) is 4.47. The van der Waals surface area contributed by atoms with Gasteiger partial charge in [-0.3, -0.25) is 10.1 Å². The summed E-state index contributed by atoms with van der Waals surface area (Å²) in [6, 6.07) is 4.06. The van der Waals surface area contributed by atoms with Gasteiger partial charge in [0.25, 0.3) is 0 Å². The summed E-state index contributed by atoms with van der Waals surface area (Å²) in [6.07, 6.45) is 9.37. The van der Waals surface area contributed by atoms with Gasteiger partial charge in [-0.15, -0.1) is 0 Å². The van der Waals surface area contributed by atoms with Crippen LogP contribution in [0.3, 0.4) is 0 Å². The molecule has 0 radical (unpaired) electrons. The molecule has 0 fully saturated rings. The Balaban J connectivity index is 1.95. The van der Waals surface area contributed by atoms with Gasteiger partial charge >= 0.3 is 0 Å². The minimum Gasteiger partial charge on any atom is -0.282 e. The average Bonchev–Trinajstić information content (AvgIpc) is 2.86. The molecule has 0 aromatic carbocycles. The largest absolute Gasteiger partial charge is 0.282 e. The van der Waals surface area contributed by atoms with Crippen LogP contribution >= 0.6 is 0 Å². The van der Waals surface area contributed by atoms with Crippen molar-refractivity contribution in [2.75, 3.05) is 0 Å². The smallest absolute Gasteiger partial charge is 0.0709 e. The third-order valence-electron chi connectivity index (χ3n) is 2.86. The SMILES string of the molecule is Cc1[nH]ncc1-c1ccc(C2=CC=C=C=C2)nc1. The number of hydrogen-bond donors (Lipinski definition) is 1. The monoisotopic (exact) mass is 233 g/mol. The summed E-state index contributed by atoms with van der Waals surface area (Å²) in [5.74, 6) is 0. The van der Waals surface area contributed by atoms with E-state index in [1.807, 2.05) is 43.6 Å². The van der Waals surface area contributed by atoms with E-state index in [0.717, 1.165) is 28.1 Å². The number of allylic oxidation sites excluding steroid dienone is 4. The number of rotatable bonds is 2. The molecule has 0 unspecified atom stereocenters. The highest BCUT2D eigenvalue weighted by molar-refractivity contribution is 5.75. The maximum Gasteiger partial charge on any atom is 0.0709 e. The van der Waals surface area contributed by atoms with Crippen LogP contribution in [0.4, 0.5) is 0 Å². The third-order valence-corrected chi connectivity index (χ3v) is 2.86. The standard InChI is InChI=1S/C15H11N3/c1-11-14(10-17-18-11)13-7-8-15(16-9-13)12-5-3-2-4-6-12/h3,5-10H,1H3,(H,17,18). The highest BCUT2D eigenvalue weighted by atomic mass is 15.1. The zero-order valence-corrected chi connectivity index (χ0v) is 9.94. The fourth-order valence-corrected chi connectivity index (χ4v) is 1.87. The van der Waals surface area contributed by atoms with Crippen LogP contribution in [0.5, 0.6) is 0 Å². The maximum absolute atomic E-state index is 4.47. The fraction of sp³-hybridized carbons (Fsp3) is 0.0667. The van der Waals surface area contributed by atoms with Crippen LogP contribution in [0.2, 0.25) is 0 Å². The van der Waals surface area contributed by atoms with E-state index >= 15 is 0 Å². The van der Waals surface area contributed by atoms with Gasteiger partial charge in [0, 0.05) is 28.6 Å². The van der Waals surface area contributed by atoms with Crippen LogP contribution in [0.25, 0.3) is 16.7 Å². The molecule has 0 bridgehead atoms. The Labute approximate surface area is 105 Å². The highest BCUT2D eigenvalue weighted by Crippen LogP contribution is 2.22. The molecule has 0 saturated heterocycles. The molecule has 0 saturated carbocycles. The lowest BCUT2D eigenvalue weighted by molar-refractivity contribution is 1.05. The van der Waals surface area contributed by atoms with Gasteiger partial charge in [0.2, 0.25) is 0 Å². The highest BCUT2D eigenvalue weighted by Gasteiger charge is 2.05. The van der Waals surface area contributed by atoms with Crippen LogP contribution in [0.1, 0.15) is 11.4 Å². The normalized spacial score (nSPS) is 12.8. The van der Waals surface area contributed by atoms with Gasteiger partial charge in [0.1, 0.15) is 0 Å². The number of H-pyrrole nitrogens is 1. The van der Waals surface area contributed by atoms with Crippen LogP contribution in [-0.2, 0) is 0 Å². The lowest BCUT2D eigenvalue weighted by Crippen LogP contribution is -1.88. The first-order valence-corrected chi connectivity index (χ1v) is 5.69. The zero-order valence-electron chi connectivity index (χ0n) is 9.94. The molecule has 3 rings (SSSR count). The van der Waals surface area contributed by atoms with Gasteiger partial charge in [0.05, 0.1) is 11.9 Å². The molecule has 1 aliphatic carbocycles. The zero-order chi connectivity index (χ0) is 12.4. The number of nitrogens with zero attached hydrogens (tertiary/aromatic N) is 2. The third kappa shape index (κ3) is 1.85. The van der Waals surface area contributed by atoms with E-state index in [1.54, 1.807) is 0 Å². The molecule has 0 spiro atoms. The Morgan fingerprint density at radius 1 is 1.17 bits per heavy atom. The second kappa shape index (κ2) is 4.34.